The molecule has 0 atom stereocenters. The van der Waals surface area contributed by atoms with Crippen molar-refractivity contribution in [2.75, 3.05) is 5.88 Å². The molecule has 0 aliphatic heterocycles. The standard InChI is InChI=1S/C9H13ClN2/c1-3-12-7-9(6-11-12)4-8(2)5-10/h4,6-7H,3,5H2,1-2H3/b8-4-. The number of aromatic nitrogens is 2. The third-order valence-electron chi connectivity index (χ3n) is 1.60. The summed E-state index contributed by atoms with van der Waals surface area (Å²) in [5.41, 5.74) is 2.28. The Morgan fingerprint density at radius 3 is 3.00 bits per heavy atom. The van der Waals surface area contributed by atoms with Crippen molar-refractivity contribution in [1.82, 2.24) is 9.78 Å². The highest BCUT2D eigenvalue weighted by molar-refractivity contribution is 6.19. The number of hydrogen-bond acceptors (Lipinski definition) is 1. The van der Waals surface area contributed by atoms with E-state index in [0.717, 1.165) is 17.7 Å². The van der Waals surface area contributed by atoms with Crippen LogP contribution in [0.25, 0.3) is 6.08 Å². The summed E-state index contributed by atoms with van der Waals surface area (Å²) in [4.78, 5) is 0. The number of allylic oxidation sites excluding steroid dienone is 1. The van der Waals surface area contributed by atoms with Crippen molar-refractivity contribution < 1.29 is 0 Å². The van der Waals surface area contributed by atoms with Gasteiger partial charge in [-0.1, -0.05) is 11.6 Å². The zero-order valence-corrected chi connectivity index (χ0v) is 8.17. The molecule has 0 aliphatic carbocycles. The van der Waals surface area contributed by atoms with Crippen LogP contribution in [0.1, 0.15) is 19.4 Å². The first kappa shape index (κ1) is 9.33. The van der Waals surface area contributed by atoms with Gasteiger partial charge in [-0.15, -0.1) is 11.6 Å². The molecule has 0 aromatic carbocycles. The summed E-state index contributed by atoms with van der Waals surface area (Å²) in [6.07, 6.45) is 5.90. The number of rotatable bonds is 3. The Hall–Kier alpha value is -0.760. The third-order valence-corrected chi connectivity index (χ3v) is 2.02. The van der Waals surface area contributed by atoms with Crippen LogP contribution < -0.4 is 0 Å². The lowest BCUT2D eigenvalue weighted by molar-refractivity contribution is 0.660. The highest BCUT2D eigenvalue weighted by Gasteiger charge is 1.93. The molecule has 0 amide bonds. The molecule has 0 saturated heterocycles. The van der Waals surface area contributed by atoms with Gasteiger partial charge in [0.2, 0.25) is 0 Å². The molecular formula is C9H13ClN2. The molecule has 1 rings (SSSR count). The SMILES string of the molecule is CCn1cc(/C=C(/C)CCl)cn1. The molecule has 3 heteroatoms. The minimum absolute atomic E-state index is 0.581. The van der Waals surface area contributed by atoms with E-state index in [4.69, 9.17) is 11.6 Å². The summed E-state index contributed by atoms with van der Waals surface area (Å²) in [5.74, 6) is 0.581. The number of nitrogens with zero attached hydrogens (tertiary/aromatic N) is 2. The van der Waals surface area contributed by atoms with Crippen LogP contribution in [0.3, 0.4) is 0 Å². The molecular weight excluding hydrogens is 172 g/mol. The number of hydrogen-bond donors (Lipinski definition) is 0. The Bertz CT molecular complexity index is 276. The van der Waals surface area contributed by atoms with Gasteiger partial charge in [0.05, 0.1) is 6.20 Å². The van der Waals surface area contributed by atoms with Gasteiger partial charge in [-0.25, -0.2) is 0 Å². The first-order valence-electron chi connectivity index (χ1n) is 4.02. The van der Waals surface area contributed by atoms with Gasteiger partial charge in [-0.2, -0.15) is 5.10 Å². The van der Waals surface area contributed by atoms with Gasteiger partial charge in [0.25, 0.3) is 0 Å². The van der Waals surface area contributed by atoms with Gasteiger partial charge in [-0.3, -0.25) is 4.68 Å². The van der Waals surface area contributed by atoms with Crippen LogP contribution in [0.5, 0.6) is 0 Å². The second-order valence-corrected chi connectivity index (χ2v) is 3.02. The van der Waals surface area contributed by atoms with Gasteiger partial charge >= 0.3 is 0 Å². The maximum Gasteiger partial charge on any atom is 0.0562 e. The van der Waals surface area contributed by atoms with Gasteiger partial charge in [0.15, 0.2) is 0 Å². The Kier molecular flexibility index (Phi) is 3.35. The van der Waals surface area contributed by atoms with Gasteiger partial charge in [0.1, 0.15) is 0 Å². The van der Waals surface area contributed by atoms with E-state index in [1.54, 1.807) is 0 Å². The second kappa shape index (κ2) is 4.31. The molecule has 12 heavy (non-hydrogen) atoms. The van der Waals surface area contributed by atoms with Crippen LogP contribution in [0, 0.1) is 0 Å². The second-order valence-electron chi connectivity index (χ2n) is 2.75. The fourth-order valence-corrected chi connectivity index (χ4v) is 1.03. The fraction of sp³-hybridized carbons (Fsp3) is 0.444. The molecule has 0 N–H and O–H groups in total. The molecule has 0 saturated carbocycles. The van der Waals surface area contributed by atoms with Crippen molar-refractivity contribution in [3.05, 3.63) is 23.5 Å². The summed E-state index contributed by atoms with van der Waals surface area (Å²) >= 11 is 5.65. The van der Waals surface area contributed by atoms with E-state index in [2.05, 4.69) is 12.0 Å². The van der Waals surface area contributed by atoms with Gasteiger partial charge < -0.3 is 0 Å². The Balaban J connectivity index is 2.76. The lowest BCUT2D eigenvalue weighted by Gasteiger charge is -1.91. The molecule has 0 radical (unpaired) electrons. The lowest BCUT2D eigenvalue weighted by atomic mass is 10.2. The van der Waals surface area contributed by atoms with Crippen LogP contribution in [0.2, 0.25) is 0 Å². The van der Waals surface area contributed by atoms with Crippen LogP contribution in [0.4, 0.5) is 0 Å². The molecule has 0 unspecified atom stereocenters. The van der Waals surface area contributed by atoms with Gasteiger partial charge in [-0.05, 0) is 13.8 Å². The monoisotopic (exact) mass is 184 g/mol. The summed E-state index contributed by atoms with van der Waals surface area (Å²) in [7, 11) is 0. The number of halogens is 1. The van der Waals surface area contributed by atoms with Gasteiger partial charge in [0, 0.05) is 24.2 Å². The minimum atomic E-state index is 0.581. The average Bonchev–Trinajstić information content (AvgIpc) is 2.52. The molecule has 0 aliphatic rings. The van der Waals surface area contributed by atoms with E-state index >= 15 is 0 Å². The minimum Gasteiger partial charge on any atom is -0.272 e. The zero-order chi connectivity index (χ0) is 8.97. The molecule has 0 fully saturated rings. The normalized spacial score (nSPS) is 12.1. The first-order chi connectivity index (χ1) is 5.76. The molecule has 1 aromatic heterocycles. The molecule has 2 nitrogen and oxygen atoms in total. The summed E-state index contributed by atoms with van der Waals surface area (Å²) in [6.45, 7) is 4.99. The number of alkyl halides is 1. The first-order valence-corrected chi connectivity index (χ1v) is 4.55. The van der Waals surface area contributed by atoms with Crippen molar-refractivity contribution in [1.29, 1.82) is 0 Å². The molecule has 1 heterocycles. The van der Waals surface area contributed by atoms with E-state index < -0.39 is 0 Å². The van der Waals surface area contributed by atoms with Crippen molar-refractivity contribution in [2.45, 2.75) is 20.4 Å². The van der Waals surface area contributed by atoms with E-state index in [9.17, 15) is 0 Å². The molecule has 66 valence electrons. The summed E-state index contributed by atoms with van der Waals surface area (Å²) in [6, 6.07) is 0. The number of aryl methyl sites for hydroxylation is 1. The Labute approximate surface area is 77.8 Å². The molecule has 0 spiro atoms. The van der Waals surface area contributed by atoms with Crippen molar-refractivity contribution >= 4 is 17.7 Å². The van der Waals surface area contributed by atoms with Crippen molar-refractivity contribution in [2.24, 2.45) is 0 Å². The van der Waals surface area contributed by atoms with E-state index in [1.807, 2.05) is 30.1 Å². The highest BCUT2D eigenvalue weighted by Crippen LogP contribution is 2.06. The quantitative estimate of drug-likeness (QED) is 0.661. The maximum atomic E-state index is 5.65. The van der Waals surface area contributed by atoms with Crippen LogP contribution in [-0.2, 0) is 6.54 Å². The zero-order valence-electron chi connectivity index (χ0n) is 7.42. The molecule has 0 bridgehead atoms. The highest BCUT2D eigenvalue weighted by atomic mass is 35.5. The van der Waals surface area contributed by atoms with Crippen molar-refractivity contribution in [3.63, 3.8) is 0 Å². The third kappa shape index (κ3) is 2.38. The Morgan fingerprint density at radius 2 is 2.50 bits per heavy atom. The summed E-state index contributed by atoms with van der Waals surface area (Å²) < 4.78 is 1.90. The Morgan fingerprint density at radius 1 is 1.75 bits per heavy atom. The van der Waals surface area contributed by atoms with E-state index in [1.165, 1.54) is 0 Å². The lowest BCUT2D eigenvalue weighted by Crippen LogP contribution is -1.91. The predicted octanol–water partition coefficient (Wildman–Crippen LogP) is 2.55. The topological polar surface area (TPSA) is 17.8 Å². The van der Waals surface area contributed by atoms with Crippen molar-refractivity contribution in [3.8, 4) is 0 Å². The molecule has 1 aromatic rings. The average molecular weight is 185 g/mol. The van der Waals surface area contributed by atoms with Crippen LogP contribution >= 0.6 is 11.6 Å². The van der Waals surface area contributed by atoms with E-state index in [0.29, 0.717) is 5.88 Å². The van der Waals surface area contributed by atoms with Crippen LogP contribution in [-0.4, -0.2) is 15.7 Å². The largest absolute Gasteiger partial charge is 0.272 e. The summed E-state index contributed by atoms with van der Waals surface area (Å²) in [5, 5.41) is 4.15. The smallest absolute Gasteiger partial charge is 0.0562 e. The maximum absolute atomic E-state index is 5.65. The van der Waals surface area contributed by atoms with E-state index in [-0.39, 0.29) is 0 Å². The van der Waals surface area contributed by atoms with Crippen LogP contribution in [0.15, 0.2) is 18.0 Å². The fourth-order valence-electron chi connectivity index (χ4n) is 0.950. The predicted molar refractivity (Wildman–Crippen MR) is 52.3 cm³/mol.